The van der Waals surface area contributed by atoms with E-state index in [1.165, 1.54) is 18.2 Å². The van der Waals surface area contributed by atoms with Crippen molar-refractivity contribution in [1.82, 2.24) is 5.43 Å². The number of hydrogen-bond acceptors (Lipinski definition) is 5. The van der Waals surface area contributed by atoms with Crippen LogP contribution in [0.25, 0.3) is 0 Å². The number of nitrogens with one attached hydrogen (secondary N) is 1. The van der Waals surface area contributed by atoms with Gasteiger partial charge in [-0.25, -0.2) is 9.82 Å². The molecule has 0 bridgehead atoms. The number of carbonyl (C=O) groups is 1. The summed E-state index contributed by atoms with van der Waals surface area (Å²) in [6, 6.07) is 8.24. The molecule has 0 aliphatic heterocycles. The molecule has 0 saturated heterocycles. The van der Waals surface area contributed by atoms with Crippen molar-refractivity contribution in [3.63, 3.8) is 0 Å². The molecular weight excluding hydrogens is 293 g/mol. The molecule has 0 aliphatic carbocycles. The molecule has 0 fully saturated rings. The average molecular weight is 303 g/mol. The van der Waals surface area contributed by atoms with E-state index in [2.05, 4.69) is 10.5 Å². The Labute approximate surface area is 123 Å². The number of hydrogen-bond donors (Lipinski definition) is 2. The molecular formula is C14H10FN3O4. The van der Waals surface area contributed by atoms with Crippen molar-refractivity contribution in [2.45, 2.75) is 0 Å². The first-order chi connectivity index (χ1) is 10.5. The highest BCUT2D eigenvalue weighted by atomic mass is 19.1. The van der Waals surface area contributed by atoms with Crippen molar-refractivity contribution in [3.8, 4) is 5.75 Å². The van der Waals surface area contributed by atoms with E-state index in [-0.39, 0.29) is 22.6 Å². The second-order valence-corrected chi connectivity index (χ2v) is 4.21. The van der Waals surface area contributed by atoms with Crippen LogP contribution >= 0.6 is 0 Å². The number of halogens is 1. The molecule has 0 atom stereocenters. The molecule has 2 aromatic carbocycles. The Morgan fingerprint density at radius 1 is 1.27 bits per heavy atom. The Hall–Kier alpha value is -3.29. The van der Waals surface area contributed by atoms with E-state index < -0.39 is 16.6 Å². The quantitative estimate of drug-likeness (QED) is 0.513. The summed E-state index contributed by atoms with van der Waals surface area (Å²) in [5.74, 6) is -1.24. The third-order valence-electron chi connectivity index (χ3n) is 2.68. The van der Waals surface area contributed by atoms with Gasteiger partial charge in [-0.05, 0) is 36.4 Å². The lowest BCUT2D eigenvalue weighted by molar-refractivity contribution is -0.385. The summed E-state index contributed by atoms with van der Waals surface area (Å²) in [7, 11) is 0. The lowest BCUT2D eigenvalue weighted by Crippen LogP contribution is -2.17. The van der Waals surface area contributed by atoms with Crippen LogP contribution in [0.2, 0.25) is 0 Å². The molecule has 112 valence electrons. The molecule has 0 saturated carbocycles. The minimum atomic E-state index is -0.636. The minimum Gasteiger partial charge on any atom is -0.508 e. The zero-order chi connectivity index (χ0) is 16.1. The molecule has 0 spiro atoms. The maximum absolute atomic E-state index is 12.7. The fourth-order valence-corrected chi connectivity index (χ4v) is 1.64. The third-order valence-corrected chi connectivity index (χ3v) is 2.68. The molecule has 0 heterocycles. The van der Waals surface area contributed by atoms with Gasteiger partial charge < -0.3 is 5.11 Å². The van der Waals surface area contributed by atoms with Crippen LogP contribution in [0.4, 0.5) is 10.1 Å². The van der Waals surface area contributed by atoms with Crippen LogP contribution in [0.15, 0.2) is 47.6 Å². The van der Waals surface area contributed by atoms with Gasteiger partial charge in [0.2, 0.25) is 0 Å². The van der Waals surface area contributed by atoms with Crippen LogP contribution in [-0.4, -0.2) is 22.2 Å². The predicted octanol–water partition coefficient (Wildman–Crippen LogP) is 2.20. The summed E-state index contributed by atoms with van der Waals surface area (Å²) in [6.07, 6.45) is 1.04. The zero-order valence-corrected chi connectivity index (χ0v) is 11.1. The second kappa shape index (κ2) is 6.44. The van der Waals surface area contributed by atoms with Gasteiger partial charge in [-0.2, -0.15) is 5.10 Å². The van der Waals surface area contributed by atoms with Crippen LogP contribution in [0.5, 0.6) is 5.75 Å². The van der Waals surface area contributed by atoms with Crippen LogP contribution in [-0.2, 0) is 0 Å². The van der Waals surface area contributed by atoms with E-state index >= 15 is 0 Å². The van der Waals surface area contributed by atoms with Crippen molar-refractivity contribution < 1.29 is 19.2 Å². The van der Waals surface area contributed by atoms with E-state index in [0.29, 0.717) is 0 Å². The van der Waals surface area contributed by atoms with Crippen LogP contribution in [0.3, 0.4) is 0 Å². The minimum absolute atomic E-state index is 0.0319. The SMILES string of the molecule is O=C(N/N=C/c1cc(O)ccc1[N+](=O)[O-])c1ccc(F)cc1. The van der Waals surface area contributed by atoms with Crippen molar-refractivity contribution in [2.24, 2.45) is 5.10 Å². The molecule has 8 heteroatoms. The number of hydrazone groups is 1. The summed E-state index contributed by atoms with van der Waals surface area (Å²) in [4.78, 5) is 21.9. The number of nitro groups is 1. The number of phenols is 1. The summed E-state index contributed by atoms with van der Waals surface area (Å²) < 4.78 is 12.7. The molecule has 2 aromatic rings. The van der Waals surface area contributed by atoms with Crippen LogP contribution in [0, 0.1) is 15.9 Å². The lowest BCUT2D eigenvalue weighted by Gasteiger charge is -2.00. The van der Waals surface area contributed by atoms with Gasteiger partial charge in [0.15, 0.2) is 0 Å². The molecule has 0 aliphatic rings. The highest BCUT2D eigenvalue weighted by molar-refractivity contribution is 5.95. The van der Waals surface area contributed by atoms with Gasteiger partial charge in [-0.15, -0.1) is 0 Å². The second-order valence-electron chi connectivity index (χ2n) is 4.21. The van der Waals surface area contributed by atoms with Gasteiger partial charge in [0.25, 0.3) is 11.6 Å². The van der Waals surface area contributed by atoms with E-state index in [1.54, 1.807) is 0 Å². The maximum atomic E-state index is 12.7. The first-order valence-corrected chi connectivity index (χ1v) is 6.04. The molecule has 1 amide bonds. The van der Waals surface area contributed by atoms with E-state index in [0.717, 1.165) is 30.5 Å². The number of nitrogens with zero attached hydrogens (tertiary/aromatic N) is 2. The number of aromatic hydroxyl groups is 1. The number of amides is 1. The van der Waals surface area contributed by atoms with Gasteiger partial charge in [0.05, 0.1) is 16.7 Å². The Balaban J connectivity index is 2.12. The standard InChI is InChI=1S/C14H10FN3O4/c15-11-3-1-9(2-4-11)14(20)17-16-8-10-7-12(19)5-6-13(10)18(21)22/h1-8,19H,(H,17,20)/b16-8+. The Morgan fingerprint density at radius 3 is 2.59 bits per heavy atom. The lowest BCUT2D eigenvalue weighted by atomic mass is 10.2. The normalized spacial score (nSPS) is 10.6. The fraction of sp³-hybridized carbons (Fsp3) is 0. The summed E-state index contributed by atoms with van der Waals surface area (Å²) >= 11 is 0. The predicted molar refractivity (Wildman–Crippen MR) is 76.2 cm³/mol. The molecule has 0 aromatic heterocycles. The van der Waals surface area contributed by atoms with E-state index in [1.807, 2.05) is 0 Å². The number of rotatable bonds is 4. The fourth-order valence-electron chi connectivity index (χ4n) is 1.64. The molecule has 0 unspecified atom stereocenters. The number of phenolic OH excluding ortho intramolecular Hbond substituents is 1. The number of nitro benzene ring substituents is 1. The number of carbonyl (C=O) groups excluding carboxylic acids is 1. The van der Waals surface area contributed by atoms with Crippen molar-refractivity contribution in [1.29, 1.82) is 0 Å². The number of benzene rings is 2. The first-order valence-electron chi connectivity index (χ1n) is 6.04. The first kappa shape index (κ1) is 15.1. The maximum Gasteiger partial charge on any atom is 0.278 e. The third kappa shape index (κ3) is 3.63. The monoisotopic (exact) mass is 303 g/mol. The zero-order valence-electron chi connectivity index (χ0n) is 11.1. The van der Waals surface area contributed by atoms with Gasteiger partial charge in [-0.1, -0.05) is 0 Å². The topological polar surface area (TPSA) is 105 Å². The van der Waals surface area contributed by atoms with E-state index in [4.69, 9.17) is 0 Å². The smallest absolute Gasteiger partial charge is 0.278 e. The van der Waals surface area contributed by atoms with Crippen molar-refractivity contribution in [2.75, 3.05) is 0 Å². The van der Waals surface area contributed by atoms with Crippen LogP contribution < -0.4 is 5.43 Å². The molecule has 2 rings (SSSR count). The highest BCUT2D eigenvalue weighted by Crippen LogP contribution is 2.21. The average Bonchev–Trinajstić information content (AvgIpc) is 2.47. The molecule has 7 nitrogen and oxygen atoms in total. The molecule has 22 heavy (non-hydrogen) atoms. The highest BCUT2D eigenvalue weighted by Gasteiger charge is 2.12. The van der Waals surface area contributed by atoms with Crippen LogP contribution in [0.1, 0.15) is 15.9 Å². The van der Waals surface area contributed by atoms with Gasteiger partial charge in [0, 0.05) is 11.6 Å². The van der Waals surface area contributed by atoms with Crippen molar-refractivity contribution >= 4 is 17.8 Å². The Kier molecular flexibility index (Phi) is 4.42. The summed E-state index contributed by atoms with van der Waals surface area (Å²) in [6.45, 7) is 0. The van der Waals surface area contributed by atoms with Crippen molar-refractivity contribution in [3.05, 3.63) is 69.5 Å². The molecule has 2 N–H and O–H groups in total. The summed E-state index contributed by atoms with van der Waals surface area (Å²) in [5, 5.41) is 23.7. The van der Waals surface area contributed by atoms with Gasteiger partial charge in [0.1, 0.15) is 11.6 Å². The van der Waals surface area contributed by atoms with Gasteiger partial charge >= 0.3 is 0 Å². The van der Waals surface area contributed by atoms with Gasteiger partial charge in [-0.3, -0.25) is 14.9 Å². The Morgan fingerprint density at radius 2 is 1.95 bits per heavy atom. The Bertz CT molecular complexity index is 744. The summed E-state index contributed by atoms with van der Waals surface area (Å²) in [5.41, 5.74) is 2.11. The largest absolute Gasteiger partial charge is 0.508 e. The molecule has 0 radical (unpaired) electrons. The van der Waals surface area contributed by atoms with E-state index in [9.17, 15) is 24.4 Å².